The molecule has 1 N–H and O–H groups in total. The summed E-state index contributed by atoms with van der Waals surface area (Å²) in [6.07, 6.45) is 3.58. The monoisotopic (exact) mass is 392 g/mol. The van der Waals surface area contributed by atoms with Crippen LogP contribution in [0.25, 0.3) is 5.69 Å². The van der Waals surface area contributed by atoms with Crippen molar-refractivity contribution < 1.29 is 4.79 Å². The summed E-state index contributed by atoms with van der Waals surface area (Å²) in [6.45, 7) is 2.65. The molecule has 0 bridgehead atoms. The Balaban J connectivity index is 1.53. The number of carbonyl (C=O) groups excluding carboxylic acids is 1. The van der Waals surface area contributed by atoms with Crippen molar-refractivity contribution in [1.29, 1.82) is 0 Å². The molecular formula is C22H21ClN4O. The average molecular weight is 393 g/mol. The van der Waals surface area contributed by atoms with Crippen LogP contribution in [0.15, 0.2) is 67.0 Å². The highest BCUT2D eigenvalue weighted by Crippen LogP contribution is 2.43. The Kier molecular flexibility index (Phi) is 4.41. The lowest BCUT2D eigenvalue weighted by Gasteiger charge is -2.29. The molecule has 2 aliphatic heterocycles. The van der Waals surface area contributed by atoms with Crippen molar-refractivity contribution in [3.63, 3.8) is 0 Å². The van der Waals surface area contributed by atoms with Gasteiger partial charge in [-0.05, 0) is 35.7 Å². The predicted octanol–water partition coefficient (Wildman–Crippen LogP) is 3.56. The summed E-state index contributed by atoms with van der Waals surface area (Å²) in [5.74, 6) is 0.893. The first kappa shape index (κ1) is 17.5. The van der Waals surface area contributed by atoms with Gasteiger partial charge >= 0.3 is 0 Å². The van der Waals surface area contributed by atoms with Gasteiger partial charge in [0.25, 0.3) is 5.91 Å². The number of halogens is 1. The van der Waals surface area contributed by atoms with Gasteiger partial charge in [-0.1, -0.05) is 41.9 Å². The molecule has 0 saturated carbocycles. The van der Waals surface area contributed by atoms with Crippen LogP contribution in [0, 0.1) is 11.8 Å². The Morgan fingerprint density at radius 2 is 1.96 bits per heavy atom. The molecule has 0 aliphatic carbocycles. The standard InChI is InChI=1S/C22H21ClN4O/c23-20-8-7-17(27-10-4-9-25-27)11-18(20)22(28)26-14-16-12-24-13-19(16)21(26)15-5-2-1-3-6-15/h1-11,16,19,21,24H,12-14H2/t16-,19-,21+/m0/s1. The van der Waals surface area contributed by atoms with E-state index in [1.54, 1.807) is 16.9 Å². The lowest BCUT2D eigenvalue weighted by atomic mass is 9.89. The number of benzene rings is 2. The summed E-state index contributed by atoms with van der Waals surface area (Å²) in [6, 6.07) is 17.8. The maximum absolute atomic E-state index is 13.6. The fourth-order valence-electron chi connectivity index (χ4n) is 4.60. The molecule has 5 nitrogen and oxygen atoms in total. The Morgan fingerprint density at radius 3 is 2.75 bits per heavy atom. The van der Waals surface area contributed by atoms with Gasteiger partial charge in [0, 0.05) is 37.9 Å². The van der Waals surface area contributed by atoms with E-state index in [-0.39, 0.29) is 11.9 Å². The molecule has 3 heterocycles. The van der Waals surface area contributed by atoms with Crippen molar-refractivity contribution >= 4 is 17.5 Å². The molecule has 142 valence electrons. The first-order chi connectivity index (χ1) is 13.7. The van der Waals surface area contributed by atoms with Gasteiger partial charge in [0.2, 0.25) is 0 Å². The molecule has 0 radical (unpaired) electrons. The highest BCUT2D eigenvalue weighted by atomic mass is 35.5. The Hall–Kier alpha value is -2.63. The predicted molar refractivity (Wildman–Crippen MR) is 109 cm³/mol. The van der Waals surface area contributed by atoms with E-state index in [1.807, 2.05) is 47.5 Å². The van der Waals surface area contributed by atoms with Crippen LogP contribution in [0.2, 0.25) is 5.02 Å². The Bertz CT molecular complexity index is 989. The fraction of sp³-hybridized carbons (Fsp3) is 0.273. The van der Waals surface area contributed by atoms with Crippen molar-refractivity contribution in [2.24, 2.45) is 11.8 Å². The van der Waals surface area contributed by atoms with Crippen LogP contribution in [0.1, 0.15) is 22.0 Å². The van der Waals surface area contributed by atoms with E-state index < -0.39 is 0 Å². The Morgan fingerprint density at radius 1 is 1.11 bits per heavy atom. The third-order valence-electron chi connectivity index (χ3n) is 5.92. The van der Waals surface area contributed by atoms with Crippen molar-refractivity contribution in [1.82, 2.24) is 20.0 Å². The molecule has 5 rings (SSSR count). The summed E-state index contributed by atoms with van der Waals surface area (Å²) in [5, 5.41) is 8.23. The number of amides is 1. The summed E-state index contributed by atoms with van der Waals surface area (Å²) in [4.78, 5) is 15.6. The molecule has 6 heteroatoms. The summed E-state index contributed by atoms with van der Waals surface area (Å²) in [7, 11) is 0. The van der Waals surface area contributed by atoms with Gasteiger partial charge in [-0.15, -0.1) is 0 Å². The average Bonchev–Trinajstić information content (AvgIpc) is 3.45. The largest absolute Gasteiger partial charge is 0.331 e. The second kappa shape index (κ2) is 7.08. The minimum atomic E-state index is -0.0118. The van der Waals surface area contributed by atoms with E-state index in [0.717, 1.165) is 25.3 Å². The third kappa shape index (κ3) is 2.91. The van der Waals surface area contributed by atoms with E-state index >= 15 is 0 Å². The number of rotatable bonds is 3. The minimum absolute atomic E-state index is 0.0118. The minimum Gasteiger partial charge on any atom is -0.331 e. The van der Waals surface area contributed by atoms with Gasteiger partial charge in [-0.2, -0.15) is 5.10 Å². The second-order valence-corrected chi connectivity index (χ2v) is 7.92. The van der Waals surface area contributed by atoms with Crippen molar-refractivity contribution in [2.45, 2.75) is 6.04 Å². The van der Waals surface area contributed by atoms with Gasteiger partial charge in [0.15, 0.2) is 0 Å². The first-order valence-corrected chi connectivity index (χ1v) is 9.96. The molecule has 2 aromatic carbocycles. The first-order valence-electron chi connectivity index (χ1n) is 9.58. The summed E-state index contributed by atoms with van der Waals surface area (Å²) >= 11 is 6.46. The molecule has 1 aromatic heterocycles. The SMILES string of the molecule is O=C(c1cc(-n2cccn2)ccc1Cl)N1C[C@@H]2CNC[C@@H]2[C@H]1c1ccccc1. The van der Waals surface area contributed by atoms with E-state index in [2.05, 4.69) is 22.5 Å². The van der Waals surface area contributed by atoms with Gasteiger partial charge in [0.1, 0.15) is 0 Å². The molecule has 2 saturated heterocycles. The number of likely N-dealkylation sites (tertiary alicyclic amines) is 1. The number of carbonyl (C=O) groups is 1. The smallest absolute Gasteiger partial charge is 0.255 e. The van der Waals surface area contributed by atoms with E-state index in [4.69, 9.17) is 11.6 Å². The number of aromatic nitrogens is 2. The molecular weight excluding hydrogens is 372 g/mol. The number of nitrogens with zero attached hydrogens (tertiary/aromatic N) is 3. The van der Waals surface area contributed by atoms with Crippen LogP contribution in [0.4, 0.5) is 0 Å². The van der Waals surface area contributed by atoms with E-state index in [9.17, 15) is 4.79 Å². The zero-order valence-corrected chi connectivity index (χ0v) is 16.1. The molecule has 0 unspecified atom stereocenters. The zero-order chi connectivity index (χ0) is 19.1. The highest BCUT2D eigenvalue weighted by Gasteiger charge is 2.47. The fourth-order valence-corrected chi connectivity index (χ4v) is 4.80. The van der Waals surface area contributed by atoms with Crippen molar-refractivity contribution in [3.8, 4) is 5.69 Å². The van der Waals surface area contributed by atoms with Gasteiger partial charge < -0.3 is 10.2 Å². The quantitative estimate of drug-likeness (QED) is 0.741. The van der Waals surface area contributed by atoms with Gasteiger partial charge in [-0.3, -0.25) is 4.79 Å². The van der Waals surface area contributed by atoms with E-state index in [0.29, 0.717) is 22.4 Å². The lowest BCUT2D eigenvalue weighted by molar-refractivity contribution is 0.0714. The summed E-state index contributed by atoms with van der Waals surface area (Å²) in [5.41, 5.74) is 2.55. The molecule has 28 heavy (non-hydrogen) atoms. The molecule has 2 aliphatic rings. The molecule has 2 fully saturated rings. The number of nitrogens with one attached hydrogen (secondary N) is 1. The van der Waals surface area contributed by atoms with Crippen LogP contribution in [0.3, 0.4) is 0 Å². The van der Waals surface area contributed by atoms with Crippen molar-refractivity contribution in [2.75, 3.05) is 19.6 Å². The van der Waals surface area contributed by atoms with Gasteiger partial charge in [0.05, 0.1) is 22.3 Å². The zero-order valence-electron chi connectivity index (χ0n) is 15.3. The maximum Gasteiger partial charge on any atom is 0.255 e. The number of hydrogen-bond donors (Lipinski definition) is 1. The highest BCUT2D eigenvalue weighted by molar-refractivity contribution is 6.33. The Labute approximate surface area is 168 Å². The van der Waals surface area contributed by atoms with Gasteiger partial charge in [-0.25, -0.2) is 4.68 Å². The third-order valence-corrected chi connectivity index (χ3v) is 6.25. The van der Waals surface area contributed by atoms with Crippen molar-refractivity contribution in [3.05, 3.63) is 83.1 Å². The molecule has 1 amide bonds. The van der Waals surface area contributed by atoms with Crippen LogP contribution in [0.5, 0.6) is 0 Å². The van der Waals surface area contributed by atoms with Crippen LogP contribution >= 0.6 is 11.6 Å². The number of hydrogen-bond acceptors (Lipinski definition) is 3. The topological polar surface area (TPSA) is 50.2 Å². The molecule has 3 atom stereocenters. The molecule has 0 spiro atoms. The maximum atomic E-state index is 13.6. The van der Waals surface area contributed by atoms with Crippen LogP contribution in [-0.4, -0.2) is 40.2 Å². The van der Waals surface area contributed by atoms with E-state index in [1.165, 1.54) is 5.56 Å². The van der Waals surface area contributed by atoms with Crippen LogP contribution in [-0.2, 0) is 0 Å². The van der Waals surface area contributed by atoms with Crippen LogP contribution < -0.4 is 5.32 Å². The number of fused-ring (bicyclic) bond motifs is 1. The second-order valence-electron chi connectivity index (χ2n) is 7.51. The normalized spacial score (nSPS) is 23.8. The summed E-state index contributed by atoms with van der Waals surface area (Å²) < 4.78 is 1.74. The lowest BCUT2D eigenvalue weighted by Crippen LogP contribution is -2.35. The molecule has 3 aromatic rings.